The van der Waals surface area contributed by atoms with Gasteiger partial charge in [-0.25, -0.2) is 0 Å². The molecule has 0 aliphatic carbocycles. The van der Waals surface area contributed by atoms with E-state index < -0.39 is 0 Å². The molecular weight excluding hydrogens is 677 g/mol. The fraction of sp³-hybridized carbons (Fsp3) is 0.961. The van der Waals surface area contributed by atoms with E-state index in [0.717, 1.165) is 38.5 Å². The van der Waals surface area contributed by atoms with Gasteiger partial charge in [0.2, 0.25) is 0 Å². The number of carbonyl (C=O) groups is 2. The second-order valence-corrected chi connectivity index (χ2v) is 18.1. The van der Waals surface area contributed by atoms with Gasteiger partial charge in [0.1, 0.15) is 0 Å². The molecule has 0 fully saturated rings. The highest BCUT2D eigenvalue weighted by Crippen LogP contribution is 2.25. The van der Waals surface area contributed by atoms with Crippen LogP contribution in [0.15, 0.2) is 0 Å². The Morgan fingerprint density at radius 1 is 0.309 bits per heavy atom. The third-order valence-corrected chi connectivity index (χ3v) is 12.0. The van der Waals surface area contributed by atoms with Gasteiger partial charge in [0.05, 0.1) is 13.2 Å². The molecular formula is C51H100O4. The zero-order valence-corrected chi connectivity index (χ0v) is 38.2. The van der Waals surface area contributed by atoms with E-state index in [1.54, 1.807) is 0 Å². The molecule has 0 aromatic carbocycles. The summed E-state index contributed by atoms with van der Waals surface area (Å²) < 4.78 is 11.4. The number of ether oxygens (including phenoxy) is 2. The minimum atomic E-state index is -0.304. The first-order valence-corrected chi connectivity index (χ1v) is 25.3. The molecule has 4 nitrogen and oxygen atoms in total. The van der Waals surface area contributed by atoms with Crippen molar-refractivity contribution < 1.29 is 19.1 Å². The van der Waals surface area contributed by atoms with Crippen LogP contribution >= 0.6 is 0 Å². The molecule has 0 atom stereocenters. The predicted octanol–water partition coefficient (Wildman–Crippen LogP) is 17.5. The molecule has 0 radical (unpaired) electrons. The highest BCUT2D eigenvalue weighted by atomic mass is 16.5. The topological polar surface area (TPSA) is 52.6 Å². The lowest BCUT2D eigenvalue weighted by atomic mass is 9.87. The lowest BCUT2D eigenvalue weighted by Gasteiger charge is -2.28. The molecule has 0 spiro atoms. The molecule has 55 heavy (non-hydrogen) atoms. The monoisotopic (exact) mass is 777 g/mol. The first-order valence-electron chi connectivity index (χ1n) is 25.3. The van der Waals surface area contributed by atoms with E-state index in [2.05, 4.69) is 27.7 Å². The quantitative estimate of drug-likeness (QED) is 0.0456. The second kappa shape index (κ2) is 44.1. The number of carbonyl (C=O) groups excluding carboxylic acids is 2. The molecule has 0 amide bonds. The summed E-state index contributed by atoms with van der Waals surface area (Å²) in [5.41, 5.74) is -0.304. The summed E-state index contributed by atoms with van der Waals surface area (Å²) in [6, 6.07) is 0. The van der Waals surface area contributed by atoms with E-state index in [-0.39, 0.29) is 17.4 Å². The van der Waals surface area contributed by atoms with Gasteiger partial charge in [-0.15, -0.1) is 0 Å². The van der Waals surface area contributed by atoms with E-state index in [4.69, 9.17) is 9.47 Å². The van der Waals surface area contributed by atoms with Crippen LogP contribution in [0.3, 0.4) is 0 Å². The Balaban J connectivity index is 3.63. The zero-order valence-electron chi connectivity index (χ0n) is 38.2. The second-order valence-electron chi connectivity index (χ2n) is 18.1. The van der Waals surface area contributed by atoms with Gasteiger partial charge in [-0.3, -0.25) is 9.59 Å². The van der Waals surface area contributed by atoms with Gasteiger partial charge < -0.3 is 9.47 Å². The highest BCUT2D eigenvalue weighted by Gasteiger charge is 2.27. The molecule has 0 rings (SSSR count). The number of hydrogen-bond donors (Lipinski definition) is 0. The summed E-state index contributed by atoms with van der Waals surface area (Å²) in [6.45, 7) is 9.49. The Morgan fingerprint density at radius 3 is 0.709 bits per heavy atom. The molecule has 0 aliphatic heterocycles. The summed E-state index contributed by atoms with van der Waals surface area (Å²) in [6.07, 6.45) is 54.2. The molecule has 0 bridgehead atoms. The number of unbranched alkanes of at least 4 members (excludes halogenated alkanes) is 36. The highest BCUT2D eigenvalue weighted by molar-refractivity contribution is 5.69. The van der Waals surface area contributed by atoms with Crippen molar-refractivity contribution in [1.29, 1.82) is 0 Å². The smallest absolute Gasteiger partial charge is 0.305 e. The first-order chi connectivity index (χ1) is 27.0. The van der Waals surface area contributed by atoms with Crippen LogP contribution < -0.4 is 0 Å². The third kappa shape index (κ3) is 42.4. The zero-order chi connectivity index (χ0) is 40.2. The van der Waals surface area contributed by atoms with Gasteiger partial charge >= 0.3 is 11.9 Å². The Labute approximate surface area is 346 Å². The van der Waals surface area contributed by atoms with Crippen molar-refractivity contribution in [3.8, 4) is 0 Å². The van der Waals surface area contributed by atoms with Crippen LogP contribution in [0.25, 0.3) is 0 Å². The van der Waals surface area contributed by atoms with E-state index in [1.165, 1.54) is 218 Å². The molecule has 0 N–H and O–H groups in total. The van der Waals surface area contributed by atoms with Gasteiger partial charge in [0, 0.05) is 18.3 Å². The van der Waals surface area contributed by atoms with Gasteiger partial charge in [0.15, 0.2) is 0 Å². The minimum absolute atomic E-state index is 0.102. The summed E-state index contributed by atoms with van der Waals surface area (Å²) in [4.78, 5) is 25.0. The fourth-order valence-electron chi connectivity index (χ4n) is 8.14. The van der Waals surface area contributed by atoms with Crippen molar-refractivity contribution in [2.24, 2.45) is 5.41 Å². The molecule has 0 unspecified atom stereocenters. The standard InChI is InChI=1S/C51H100O4/c1-5-8-10-12-14-16-18-20-22-24-26-28-30-32-34-36-38-40-42-44-49(52)54-47-51(4,46-7-3)48-55-50(53)45-43-41-39-37-35-33-31-29-27-25-23-21-19-17-15-13-11-9-6-2/h5-48H2,1-4H3. The number of hydrogen-bond acceptors (Lipinski definition) is 4. The number of rotatable bonds is 46. The summed E-state index contributed by atoms with van der Waals surface area (Å²) in [7, 11) is 0. The SMILES string of the molecule is CCCCCCCCCCCCCCCCCCCCCC(=O)OCC(C)(CCC)COC(=O)CCCCCCCCCCCCCCCCCCCCC. The maximum Gasteiger partial charge on any atom is 0.305 e. The summed E-state index contributed by atoms with van der Waals surface area (Å²) in [5, 5.41) is 0. The predicted molar refractivity (Wildman–Crippen MR) is 241 cm³/mol. The van der Waals surface area contributed by atoms with Crippen molar-refractivity contribution in [3.05, 3.63) is 0 Å². The number of esters is 2. The van der Waals surface area contributed by atoms with Gasteiger partial charge in [-0.05, 0) is 19.3 Å². The van der Waals surface area contributed by atoms with Crippen LogP contribution in [0.5, 0.6) is 0 Å². The normalized spacial score (nSPS) is 11.7. The van der Waals surface area contributed by atoms with Crippen molar-refractivity contribution >= 4 is 11.9 Å². The van der Waals surface area contributed by atoms with Crippen molar-refractivity contribution in [1.82, 2.24) is 0 Å². The Bertz CT molecular complexity index is 721. The lowest BCUT2D eigenvalue weighted by molar-refractivity contribution is -0.154. The largest absolute Gasteiger partial charge is 0.465 e. The molecule has 0 aliphatic rings. The summed E-state index contributed by atoms with van der Waals surface area (Å²) in [5.74, 6) is -0.204. The molecule has 0 aromatic heterocycles. The van der Waals surface area contributed by atoms with Crippen LogP contribution in [0.2, 0.25) is 0 Å². The van der Waals surface area contributed by atoms with Crippen molar-refractivity contribution in [3.63, 3.8) is 0 Å². The molecule has 0 aromatic rings. The first kappa shape index (κ1) is 53.9. The molecule has 0 saturated heterocycles. The van der Waals surface area contributed by atoms with E-state index in [0.29, 0.717) is 26.1 Å². The van der Waals surface area contributed by atoms with Gasteiger partial charge in [-0.1, -0.05) is 265 Å². The maximum atomic E-state index is 12.5. The molecule has 4 heteroatoms. The van der Waals surface area contributed by atoms with Crippen LogP contribution in [0.1, 0.15) is 297 Å². The maximum absolute atomic E-state index is 12.5. The third-order valence-electron chi connectivity index (χ3n) is 12.0. The molecule has 0 heterocycles. The molecule has 0 saturated carbocycles. The van der Waals surface area contributed by atoms with E-state index in [1.807, 2.05) is 0 Å². The fourth-order valence-corrected chi connectivity index (χ4v) is 8.14. The van der Waals surface area contributed by atoms with E-state index in [9.17, 15) is 9.59 Å². The summed E-state index contributed by atoms with van der Waals surface area (Å²) >= 11 is 0. The van der Waals surface area contributed by atoms with Crippen LogP contribution in [0.4, 0.5) is 0 Å². The van der Waals surface area contributed by atoms with Gasteiger partial charge in [-0.2, -0.15) is 0 Å². The van der Waals surface area contributed by atoms with Crippen molar-refractivity contribution in [2.45, 2.75) is 297 Å². The van der Waals surface area contributed by atoms with Crippen LogP contribution in [-0.4, -0.2) is 25.2 Å². The molecule has 328 valence electrons. The Kier molecular flexibility index (Phi) is 43.2. The van der Waals surface area contributed by atoms with Crippen molar-refractivity contribution in [2.75, 3.05) is 13.2 Å². The minimum Gasteiger partial charge on any atom is -0.465 e. The van der Waals surface area contributed by atoms with Gasteiger partial charge in [0.25, 0.3) is 0 Å². The van der Waals surface area contributed by atoms with Crippen LogP contribution in [-0.2, 0) is 19.1 Å². The Hall–Kier alpha value is -1.06. The van der Waals surface area contributed by atoms with E-state index >= 15 is 0 Å². The Morgan fingerprint density at radius 2 is 0.509 bits per heavy atom. The van der Waals surface area contributed by atoms with Crippen LogP contribution in [0, 0.1) is 5.41 Å². The lowest BCUT2D eigenvalue weighted by Crippen LogP contribution is -2.31. The average Bonchev–Trinajstić information content (AvgIpc) is 3.18. The average molecular weight is 777 g/mol.